The van der Waals surface area contributed by atoms with Crippen molar-refractivity contribution in [3.63, 3.8) is 0 Å². The summed E-state index contributed by atoms with van der Waals surface area (Å²) in [5, 5.41) is 0. The van der Waals surface area contributed by atoms with Crippen LogP contribution in [0.3, 0.4) is 0 Å². The van der Waals surface area contributed by atoms with E-state index in [0.29, 0.717) is 0 Å². The van der Waals surface area contributed by atoms with Crippen molar-refractivity contribution >= 4 is 36.1 Å². The quantitative estimate of drug-likeness (QED) is 0.497. The maximum absolute atomic E-state index is 4.28. The summed E-state index contributed by atoms with van der Waals surface area (Å²) in [6.07, 6.45) is 2.16. The molecule has 0 aromatic heterocycles. The zero-order valence-electron chi connectivity index (χ0n) is 4.22. The summed E-state index contributed by atoms with van der Waals surface area (Å²) >= 11 is 2.07. The molecule has 0 bridgehead atoms. The van der Waals surface area contributed by atoms with Crippen molar-refractivity contribution in [3.8, 4) is 0 Å². The average Bonchev–Trinajstić information content (AvgIpc) is 2.15. The summed E-state index contributed by atoms with van der Waals surface area (Å²) < 4.78 is 1.59. The number of allylic oxidation sites excluding steroid dienone is 1. The van der Waals surface area contributed by atoms with Crippen LogP contribution in [0.25, 0.3) is 0 Å². The first-order chi connectivity index (χ1) is 3.97. The normalized spacial score (nSPS) is 23.0. The molecule has 0 aromatic rings. The predicted molar refractivity (Wildman–Crippen MR) is 39.8 cm³/mol. The van der Waals surface area contributed by atoms with E-state index in [1.807, 2.05) is 11.8 Å². The van der Waals surface area contributed by atoms with E-state index in [2.05, 4.69) is 16.0 Å². The van der Waals surface area contributed by atoms with Gasteiger partial charge in [0.1, 0.15) is 0 Å². The van der Waals surface area contributed by atoms with Crippen molar-refractivity contribution in [2.45, 2.75) is 0 Å². The van der Waals surface area contributed by atoms with E-state index in [4.69, 9.17) is 0 Å². The first-order valence-electron chi connectivity index (χ1n) is 2.44. The van der Waals surface area contributed by atoms with E-state index in [1.165, 1.54) is 5.71 Å². The molecule has 2 aliphatic heterocycles. The number of nitrogens with zero attached hydrogens (tertiary/aromatic N) is 1. The van der Waals surface area contributed by atoms with Crippen LogP contribution >= 0.6 is 11.8 Å². The fourth-order valence-corrected chi connectivity index (χ4v) is 4.21. The number of hydrogen-bond acceptors (Lipinski definition) is 2. The molecule has 2 heterocycles. The van der Waals surface area contributed by atoms with Gasteiger partial charge in [0, 0.05) is 0 Å². The van der Waals surface area contributed by atoms with Crippen LogP contribution in [0, 0.1) is 0 Å². The molecule has 0 aromatic carbocycles. The SMILES string of the molecule is [CH]1=CC2=NCS[C]2=[Ge]1. The van der Waals surface area contributed by atoms with Gasteiger partial charge in [0.05, 0.1) is 0 Å². The minimum atomic E-state index is 0.149. The van der Waals surface area contributed by atoms with E-state index < -0.39 is 0 Å². The van der Waals surface area contributed by atoms with Crippen LogP contribution in [-0.2, 0) is 0 Å². The first kappa shape index (κ1) is 5.00. The Hall–Kier alpha value is 0.173. The second kappa shape index (κ2) is 1.84. The van der Waals surface area contributed by atoms with Crippen LogP contribution in [0.15, 0.2) is 16.0 Å². The van der Waals surface area contributed by atoms with Gasteiger partial charge in [-0.1, -0.05) is 0 Å². The summed E-state index contributed by atoms with van der Waals surface area (Å²) in [7, 11) is 0. The molecular formula is C5H4GeNS. The molecule has 0 fully saturated rings. The molecule has 1 nitrogen and oxygen atoms in total. The van der Waals surface area contributed by atoms with Crippen molar-refractivity contribution in [1.82, 2.24) is 0 Å². The van der Waals surface area contributed by atoms with Gasteiger partial charge in [-0.15, -0.1) is 0 Å². The van der Waals surface area contributed by atoms with Crippen LogP contribution in [0.4, 0.5) is 0 Å². The Morgan fingerprint density at radius 3 is 3.62 bits per heavy atom. The topological polar surface area (TPSA) is 12.4 Å². The molecule has 2 rings (SSSR count). The van der Waals surface area contributed by atoms with E-state index in [9.17, 15) is 0 Å². The third-order valence-corrected chi connectivity index (χ3v) is 5.20. The van der Waals surface area contributed by atoms with Gasteiger partial charge in [-0.3, -0.25) is 0 Å². The molecule has 2 aliphatic rings. The van der Waals surface area contributed by atoms with E-state index >= 15 is 0 Å². The van der Waals surface area contributed by atoms with Gasteiger partial charge >= 0.3 is 58.0 Å². The summed E-state index contributed by atoms with van der Waals surface area (Å²) in [6, 6.07) is 0. The van der Waals surface area contributed by atoms with Gasteiger partial charge in [0.2, 0.25) is 0 Å². The summed E-state index contributed by atoms with van der Waals surface area (Å²) in [5.74, 6) is 0.985. The molecule has 1 radical (unpaired) electrons. The van der Waals surface area contributed by atoms with Gasteiger partial charge < -0.3 is 0 Å². The zero-order chi connectivity index (χ0) is 5.40. The van der Waals surface area contributed by atoms with Crippen LogP contribution in [0.1, 0.15) is 0 Å². The minimum absolute atomic E-state index is 0.149. The van der Waals surface area contributed by atoms with Crippen LogP contribution in [0.2, 0.25) is 0 Å². The van der Waals surface area contributed by atoms with Crippen LogP contribution in [-0.4, -0.2) is 30.3 Å². The molecule has 8 heavy (non-hydrogen) atoms. The summed E-state index contributed by atoms with van der Waals surface area (Å²) in [4.78, 5) is 6.58. The third-order valence-electron chi connectivity index (χ3n) is 1.13. The van der Waals surface area contributed by atoms with Gasteiger partial charge in [0.15, 0.2) is 0 Å². The maximum atomic E-state index is 4.28. The standard InChI is InChI=1S/C5H4GeNS/c1-2-6-5-4(1)7-3-8-5/h1-2H,3H2. The fourth-order valence-electron chi connectivity index (χ4n) is 0.752. The summed E-state index contributed by atoms with van der Waals surface area (Å²) in [6.45, 7) is 0. The van der Waals surface area contributed by atoms with Crippen molar-refractivity contribution < 1.29 is 0 Å². The van der Waals surface area contributed by atoms with E-state index in [-0.39, 0.29) is 15.0 Å². The number of fused-ring (bicyclic) bond motifs is 1. The fraction of sp³-hybridized carbons (Fsp3) is 0.200. The Morgan fingerprint density at radius 1 is 1.75 bits per heavy atom. The molecule has 0 amide bonds. The number of hydrogen-bond donors (Lipinski definition) is 0. The number of thioether (sulfide) groups is 1. The number of rotatable bonds is 0. The third kappa shape index (κ3) is 0.632. The average molecular weight is 183 g/mol. The van der Waals surface area contributed by atoms with E-state index in [1.54, 1.807) is 3.68 Å². The van der Waals surface area contributed by atoms with Crippen LogP contribution < -0.4 is 0 Å². The molecule has 0 N–H and O–H groups in total. The Labute approximate surface area is 58.3 Å². The molecule has 0 atom stereocenters. The second-order valence-corrected chi connectivity index (χ2v) is 5.69. The first-order valence-corrected chi connectivity index (χ1v) is 5.69. The zero-order valence-corrected chi connectivity index (χ0v) is 7.13. The Morgan fingerprint density at radius 2 is 2.75 bits per heavy atom. The van der Waals surface area contributed by atoms with Crippen molar-refractivity contribution in [3.05, 3.63) is 11.0 Å². The molecule has 3 heteroatoms. The van der Waals surface area contributed by atoms with Gasteiger partial charge in [-0.2, -0.15) is 0 Å². The van der Waals surface area contributed by atoms with Crippen LogP contribution in [0.5, 0.6) is 0 Å². The molecule has 39 valence electrons. The van der Waals surface area contributed by atoms with Crippen molar-refractivity contribution in [2.75, 3.05) is 5.88 Å². The Kier molecular flexibility index (Phi) is 1.15. The Balaban J connectivity index is 2.49. The van der Waals surface area contributed by atoms with Crippen molar-refractivity contribution in [1.29, 1.82) is 0 Å². The molecule has 0 saturated heterocycles. The van der Waals surface area contributed by atoms with Gasteiger partial charge in [-0.05, 0) is 0 Å². The molecule has 0 unspecified atom stereocenters. The molecule has 0 aliphatic carbocycles. The second-order valence-electron chi connectivity index (χ2n) is 1.62. The molecule has 0 spiro atoms. The predicted octanol–water partition coefficient (Wildman–Crippen LogP) is 0.493. The van der Waals surface area contributed by atoms with Gasteiger partial charge in [-0.25, -0.2) is 0 Å². The summed E-state index contributed by atoms with van der Waals surface area (Å²) in [5.41, 5.74) is 1.29. The number of aliphatic imine (C=N–C) groups is 1. The molecular weight excluding hydrogens is 179 g/mol. The Bertz CT molecular complexity index is 204. The molecule has 0 saturated carbocycles. The van der Waals surface area contributed by atoms with E-state index in [0.717, 1.165) is 5.88 Å². The van der Waals surface area contributed by atoms with Crippen molar-refractivity contribution in [2.24, 2.45) is 4.99 Å². The monoisotopic (exact) mass is 184 g/mol. The van der Waals surface area contributed by atoms with Gasteiger partial charge in [0.25, 0.3) is 0 Å².